The molecular weight excluding hydrogens is 196 g/mol. The minimum Gasteiger partial charge on any atom is -0.370 e. The SMILES string of the molecule is NC(=O)CCCC(=O)ON1CCCCC1. The van der Waals surface area contributed by atoms with Crippen molar-refractivity contribution < 1.29 is 14.4 Å². The molecule has 1 aliphatic heterocycles. The van der Waals surface area contributed by atoms with Gasteiger partial charge < -0.3 is 10.6 Å². The van der Waals surface area contributed by atoms with Gasteiger partial charge in [-0.25, -0.2) is 0 Å². The zero-order valence-corrected chi connectivity index (χ0v) is 8.91. The maximum atomic E-state index is 11.3. The standard InChI is InChI=1S/C10H18N2O3/c11-9(13)5-4-6-10(14)15-12-7-2-1-3-8-12/h1-8H2,(H2,11,13). The molecular formula is C10H18N2O3. The summed E-state index contributed by atoms with van der Waals surface area (Å²) in [4.78, 5) is 26.8. The van der Waals surface area contributed by atoms with Crippen LogP contribution >= 0.6 is 0 Å². The number of hydrogen-bond donors (Lipinski definition) is 1. The Bertz CT molecular complexity index is 225. The number of amides is 1. The van der Waals surface area contributed by atoms with E-state index in [1.807, 2.05) is 0 Å². The van der Waals surface area contributed by atoms with Crippen molar-refractivity contribution in [2.24, 2.45) is 5.73 Å². The molecule has 15 heavy (non-hydrogen) atoms. The van der Waals surface area contributed by atoms with E-state index in [9.17, 15) is 9.59 Å². The van der Waals surface area contributed by atoms with Crippen LogP contribution in [-0.2, 0) is 14.4 Å². The van der Waals surface area contributed by atoms with E-state index < -0.39 is 0 Å². The molecule has 0 bridgehead atoms. The smallest absolute Gasteiger partial charge is 0.325 e. The fourth-order valence-corrected chi connectivity index (χ4v) is 1.55. The summed E-state index contributed by atoms with van der Waals surface area (Å²) in [7, 11) is 0. The van der Waals surface area contributed by atoms with Crippen LogP contribution in [0.5, 0.6) is 0 Å². The summed E-state index contributed by atoms with van der Waals surface area (Å²) in [6, 6.07) is 0. The van der Waals surface area contributed by atoms with E-state index in [0.717, 1.165) is 25.9 Å². The van der Waals surface area contributed by atoms with E-state index >= 15 is 0 Å². The Hall–Kier alpha value is -1.10. The topological polar surface area (TPSA) is 72.6 Å². The lowest BCUT2D eigenvalue weighted by Crippen LogP contribution is -2.32. The van der Waals surface area contributed by atoms with Gasteiger partial charge in [0.15, 0.2) is 0 Å². The highest BCUT2D eigenvalue weighted by molar-refractivity contribution is 5.75. The van der Waals surface area contributed by atoms with Crippen molar-refractivity contribution in [2.45, 2.75) is 38.5 Å². The lowest BCUT2D eigenvalue weighted by molar-refractivity contribution is -0.194. The van der Waals surface area contributed by atoms with Crippen molar-refractivity contribution in [3.05, 3.63) is 0 Å². The summed E-state index contributed by atoms with van der Waals surface area (Å²) in [5.41, 5.74) is 4.96. The first-order chi connectivity index (χ1) is 7.18. The van der Waals surface area contributed by atoms with Gasteiger partial charge in [-0.15, -0.1) is 5.06 Å². The molecule has 0 radical (unpaired) electrons. The normalized spacial score (nSPS) is 17.3. The highest BCUT2D eigenvalue weighted by Crippen LogP contribution is 2.10. The van der Waals surface area contributed by atoms with Gasteiger partial charge in [0.2, 0.25) is 5.91 Å². The maximum absolute atomic E-state index is 11.3. The zero-order valence-electron chi connectivity index (χ0n) is 8.91. The molecule has 5 heteroatoms. The summed E-state index contributed by atoms with van der Waals surface area (Å²) in [5.74, 6) is -0.640. The predicted octanol–water partition coefficient (Wildman–Crippen LogP) is 0.586. The fourth-order valence-electron chi connectivity index (χ4n) is 1.55. The number of carbonyl (C=O) groups excluding carboxylic acids is 2. The minimum absolute atomic E-state index is 0.245. The number of rotatable bonds is 5. The van der Waals surface area contributed by atoms with E-state index in [0.29, 0.717) is 6.42 Å². The molecule has 1 rings (SSSR count). The first-order valence-electron chi connectivity index (χ1n) is 5.42. The van der Waals surface area contributed by atoms with Crippen molar-refractivity contribution in [1.29, 1.82) is 0 Å². The van der Waals surface area contributed by atoms with Gasteiger partial charge >= 0.3 is 5.97 Å². The molecule has 1 fully saturated rings. The molecule has 0 unspecified atom stereocenters. The molecule has 0 aliphatic carbocycles. The molecule has 0 aromatic rings. The molecule has 0 atom stereocenters. The van der Waals surface area contributed by atoms with Crippen LogP contribution < -0.4 is 5.73 Å². The number of hydrogen-bond acceptors (Lipinski definition) is 4. The van der Waals surface area contributed by atoms with Gasteiger partial charge in [-0.3, -0.25) is 9.59 Å². The first kappa shape index (κ1) is 12.0. The quantitative estimate of drug-likeness (QED) is 0.726. The molecule has 2 N–H and O–H groups in total. The third-order valence-electron chi connectivity index (χ3n) is 2.35. The largest absolute Gasteiger partial charge is 0.370 e. The number of nitrogens with two attached hydrogens (primary N) is 1. The molecule has 5 nitrogen and oxygen atoms in total. The monoisotopic (exact) mass is 214 g/mol. The van der Waals surface area contributed by atoms with Crippen LogP contribution in [0.1, 0.15) is 38.5 Å². The Labute approximate surface area is 89.5 Å². The zero-order chi connectivity index (χ0) is 11.1. The van der Waals surface area contributed by atoms with Gasteiger partial charge in [0.1, 0.15) is 0 Å². The van der Waals surface area contributed by atoms with E-state index in [2.05, 4.69) is 0 Å². The van der Waals surface area contributed by atoms with Crippen LogP contribution in [0.25, 0.3) is 0 Å². The fraction of sp³-hybridized carbons (Fsp3) is 0.800. The molecule has 1 saturated heterocycles. The van der Waals surface area contributed by atoms with Crippen LogP contribution in [0.15, 0.2) is 0 Å². The van der Waals surface area contributed by atoms with Crippen molar-refractivity contribution in [2.75, 3.05) is 13.1 Å². The number of primary amides is 1. The Morgan fingerprint density at radius 1 is 1.13 bits per heavy atom. The maximum Gasteiger partial charge on any atom is 0.325 e. The van der Waals surface area contributed by atoms with Crippen molar-refractivity contribution >= 4 is 11.9 Å². The van der Waals surface area contributed by atoms with E-state index in [4.69, 9.17) is 10.6 Å². The predicted molar refractivity (Wildman–Crippen MR) is 54.6 cm³/mol. The number of nitrogens with zero attached hydrogens (tertiary/aromatic N) is 1. The van der Waals surface area contributed by atoms with Gasteiger partial charge in [0, 0.05) is 25.9 Å². The Kier molecular flexibility index (Phi) is 5.10. The number of hydroxylamine groups is 2. The highest BCUT2D eigenvalue weighted by Gasteiger charge is 2.14. The molecule has 0 spiro atoms. The van der Waals surface area contributed by atoms with Gasteiger partial charge in [0.25, 0.3) is 0 Å². The van der Waals surface area contributed by atoms with Crippen LogP contribution in [0.4, 0.5) is 0 Å². The lowest BCUT2D eigenvalue weighted by atomic mass is 10.2. The molecule has 1 heterocycles. The molecule has 86 valence electrons. The molecule has 0 aromatic carbocycles. The van der Waals surface area contributed by atoms with Crippen molar-refractivity contribution in [1.82, 2.24) is 5.06 Å². The van der Waals surface area contributed by atoms with Gasteiger partial charge in [0.05, 0.1) is 0 Å². The summed E-state index contributed by atoms with van der Waals surface area (Å²) in [6.07, 6.45) is 4.34. The molecule has 1 amide bonds. The second kappa shape index (κ2) is 6.40. The van der Waals surface area contributed by atoms with E-state index in [1.165, 1.54) is 6.42 Å². The molecule has 0 saturated carbocycles. The average Bonchev–Trinajstić information content (AvgIpc) is 2.18. The van der Waals surface area contributed by atoms with Crippen LogP contribution in [0.2, 0.25) is 0 Å². The van der Waals surface area contributed by atoms with Crippen LogP contribution in [0, 0.1) is 0 Å². The van der Waals surface area contributed by atoms with Crippen LogP contribution in [-0.4, -0.2) is 30.0 Å². The highest BCUT2D eigenvalue weighted by atomic mass is 16.7. The minimum atomic E-state index is -0.374. The van der Waals surface area contributed by atoms with E-state index in [1.54, 1.807) is 5.06 Å². The number of piperidine rings is 1. The molecule has 0 aromatic heterocycles. The Morgan fingerprint density at radius 3 is 2.40 bits per heavy atom. The van der Waals surface area contributed by atoms with Crippen LogP contribution in [0.3, 0.4) is 0 Å². The second-order valence-corrected chi connectivity index (χ2v) is 3.77. The first-order valence-corrected chi connectivity index (χ1v) is 5.42. The van der Waals surface area contributed by atoms with Gasteiger partial charge in [-0.05, 0) is 19.3 Å². The third-order valence-corrected chi connectivity index (χ3v) is 2.35. The summed E-state index contributed by atoms with van der Waals surface area (Å²) < 4.78 is 0. The number of carbonyl (C=O) groups is 2. The lowest BCUT2D eigenvalue weighted by Gasteiger charge is -2.24. The molecule has 1 aliphatic rings. The van der Waals surface area contributed by atoms with Gasteiger partial charge in [-0.1, -0.05) is 6.42 Å². The second-order valence-electron chi connectivity index (χ2n) is 3.77. The summed E-state index contributed by atoms with van der Waals surface area (Å²) in [6.45, 7) is 1.64. The van der Waals surface area contributed by atoms with E-state index in [-0.39, 0.29) is 24.7 Å². The Balaban J connectivity index is 2.09. The van der Waals surface area contributed by atoms with Crippen molar-refractivity contribution in [3.63, 3.8) is 0 Å². The Morgan fingerprint density at radius 2 is 1.80 bits per heavy atom. The third kappa shape index (κ3) is 5.37. The van der Waals surface area contributed by atoms with Crippen molar-refractivity contribution in [3.8, 4) is 0 Å². The average molecular weight is 214 g/mol. The summed E-state index contributed by atoms with van der Waals surface area (Å²) in [5, 5.41) is 1.70. The van der Waals surface area contributed by atoms with Gasteiger partial charge in [-0.2, -0.15) is 0 Å². The summed E-state index contributed by atoms with van der Waals surface area (Å²) >= 11 is 0.